The first kappa shape index (κ1) is 15.3. The molecule has 0 bridgehead atoms. The van der Waals surface area contributed by atoms with Gasteiger partial charge in [0.2, 0.25) is 0 Å². The lowest BCUT2D eigenvalue weighted by atomic mass is 10.1. The van der Waals surface area contributed by atoms with Crippen LogP contribution in [0.5, 0.6) is 5.75 Å². The summed E-state index contributed by atoms with van der Waals surface area (Å²) in [4.78, 5) is 10.2. The minimum Gasteiger partial charge on any atom is -0.488 e. The maximum absolute atomic E-state index is 10.7. The summed E-state index contributed by atoms with van der Waals surface area (Å²) in [6.45, 7) is 1.82. The number of ether oxygens (including phenoxy) is 1. The largest absolute Gasteiger partial charge is 0.488 e. The predicted octanol–water partition coefficient (Wildman–Crippen LogP) is 3.88. The SMILES string of the molecule is C[C@@H](O)c1ccccc1OCc1ccc([N+](=O)[O-])cc1Cl. The molecular weight excluding hydrogens is 294 g/mol. The second-order valence-corrected chi connectivity index (χ2v) is 4.94. The molecule has 1 N–H and O–H groups in total. The van der Waals surface area contributed by atoms with E-state index in [4.69, 9.17) is 16.3 Å². The van der Waals surface area contributed by atoms with Crippen LogP contribution >= 0.6 is 11.6 Å². The van der Waals surface area contributed by atoms with Crippen molar-refractivity contribution < 1.29 is 14.8 Å². The van der Waals surface area contributed by atoms with Gasteiger partial charge in [0.25, 0.3) is 5.69 Å². The van der Waals surface area contributed by atoms with Gasteiger partial charge in [0.05, 0.1) is 16.0 Å². The van der Waals surface area contributed by atoms with Crippen LogP contribution in [0.4, 0.5) is 5.69 Å². The first-order chi connectivity index (χ1) is 9.99. The smallest absolute Gasteiger partial charge is 0.270 e. The molecule has 1 atom stereocenters. The van der Waals surface area contributed by atoms with Gasteiger partial charge in [-0.15, -0.1) is 0 Å². The topological polar surface area (TPSA) is 72.6 Å². The average molecular weight is 308 g/mol. The summed E-state index contributed by atoms with van der Waals surface area (Å²) >= 11 is 6.01. The summed E-state index contributed by atoms with van der Waals surface area (Å²) in [5, 5.41) is 20.6. The second kappa shape index (κ2) is 6.56. The van der Waals surface area contributed by atoms with Crippen molar-refractivity contribution in [3.05, 3.63) is 68.7 Å². The van der Waals surface area contributed by atoms with Crippen molar-refractivity contribution in [2.24, 2.45) is 0 Å². The van der Waals surface area contributed by atoms with Crippen LogP contribution < -0.4 is 4.74 Å². The van der Waals surface area contributed by atoms with Gasteiger partial charge >= 0.3 is 0 Å². The Balaban J connectivity index is 2.15. The van der Waals surface area contributed by atoms with Gasteiger partial charge in [-0.05, 0) is 19.1 Å². The van der Waals surface area contributed by atoms with E-state index in [2.05, 4.69) is 0 Å². The number of halogens is 1. The summed E-state index contributed by atoms with van der Waals surface area (Å²) in [6, 6.07) is 11.4. The zero-order chi connectivity index (χ0) is 15.4. The van der Waals surface area contributed by atoms with E-state index >= 15 is 0 Å². The normalized spacial score (nSPS) is 12.0. The highest BCUT2D eigenvalue weighted by atomic mass is 35.5. The molecule has 0 fully saturated rings. The molecular formula is C15H14ClNO4. The summed E-state index contributed by atoms with van der Waals surface area (Å²) in [7, 11) is 0. The van der Waals surface area contributed by atoms with Gasteiger partial charge in [-0.2, -0.15) is 0 Å². The fourth-order valence-electron chi connectivity index (χ4n) is 1.88. The maximum atomic E-state index is 10.7. The molecule has 0 unspecified atom stereocenters. The Morgan fingerprint density at radius 2 is 2.05 bits per heavy atom. The molecule has 5 nitrogen and oxygen atoms in total. The Morgan fingerprint density at radius 3 is 2.67 bits per heavy atom. The van der Waals surface area contributed by atoms with Gasteiger partial charge in [0, 0.05) is 23.3 Å². The minimum absolute atomic E-state index is 0.0619. The number of aliphatic hydroxyl groups is 1. The first-order valence-electron chi connectivity index (χ1n) is 6.31. The fourth-order valence-corrected chi connectivity index (χ4v) is 2.11. The van der Waals surface area contributed by atoms with E-state index in [1.165, 1.54) is 12.1 Å². The number of nitro groups is 1. The van der Waals surface area contributed by atoms with E-state index in [0.29, 0.717) is 16.9 Å². The van der Waals surface area contributed by atoms with Crippen molar-refractivity contribution in [3.8, 4) is 5.75 Å². The van der Waals surface area contributed by atoms with Crippen molar-refractivity contribution in [1.82, 2.24) is 0 Å². The molecule has 21 heavy (non-hydrogen) atoms. The molecule has 110 valence electrons. The predicted molar refractivity (Wildman–Crippen MR) is 79.5 cm³/mol. The third-order valence-corrected chi connectivity index (χ3v) is 3.35. The van der Waals surface area contributed by atoms with E-state index in [-0.39, 0.29) is 17.3 Å². The Kier molecular flexibility index (Phi) is 4.77. The average Bonchev–Trinajstić information content (AvgIpc) is 2.46. The summed E-state index contributed by atoms with van der Waals surface area (Å²) in [6.07, 6.45) is -0.645. The van der Waals surface area contributed by atoms with Gasteiger partial charge < -0.3 is 9.84 Å². The Morgan fingerprint density at radius 1 is 1.33 bits per heavy atom. The molecule has 0 aliphatic heterocycles. The number of benzene rings is 2. The quantitative estimate of drug-likeness (QED) is 0.672. The second-order valence-electron chi connectivity index (χ2n) is 4.54. The third-order valence-electron chi connectivity index (χ3n) is 3.00. The Bertz CT molecular complexity index is 658. The highest BCUT2D eigenvalue weighted by molar-refractivity contribution is 6.31. The highest BCUT2D eigenvalue weighted by Gasteiger charge is 2.12. The number of aliphatic hydroxyl groups excluding tert-OH is 1. The van der Waals surface area contributed by atoms with Crippen molar-refractivity contribution >= 4 is 17.3 Å². The van der Waals surface area contributed by atoms with Crippen LogP contribution in [0, 0.1) is 10.1 Å². The van der Waals surface area contributed by atoms with Gasteiger partial charge in [0.15, 0.2) is 0 Å². The highest BCUT2D eigenvalue weighted by Crippen LogP contribution is 2.27. The summed E-state index contributed by atoms with van der Waals surface area (Å²) in [5.41, 5.74) is 1.26. The Hall–Kier alpha value is -2.11. The molecule has 0 amide bonds. The van der Waals surface area contributed by atoms with Crippen LogP contribution in [0.2, 0.25) is 5.02 Å². The number of hydrogen-bond acceptors (Lipinski definition) is 4. The van der Waals surface area contributed by atoms with E-state index < -0.39 is 11.0 Å². The van der Waals surface area contributed by atoms with Crippen LogP contribution in [0.3, 0.4) is 0 Å². The molecule has 0 aliphatic carbocycles. The number of non-ortho nitro benzene ring substituents is 1. The third kappa shape index (κ3) is 3.71. The molecule has 0 saturated carbocycles. The van der Waals surface area contributed by atoms with Crippen molar-refractivity contribution in [1.29, 1.82) is 0 Å². The van der Waals surface area contributed by atoms with Gasteiger partial charge in [-0.25, -0.2) is 0 Å². The van der Waals surface area contributed by atoms with Crippen LogP contribution in [0.25, 0.3) is 0 Å². The summed E-state index contributed by atoms with van der Waals surface area (Å²) in [5.74, 6) is 0.557. The lowest BCUT2D eigenvalue weighted by Gasteiger charge is -2.13. The number of rotatable bonds is 5. The maximum Gasteiger partial charge on any atom is 0.270 e. The van der Waals surface area contributed by atoms with Crippen molar-refractivity contribution in [2.45, 2.75) is 19.6 Å². The minimum atomic E-state index is -0.645. The molecule has 0 spiro atoms. The fraction of sp³-hybridized carbons (Fsp3) is 0.200. The van der Waals surface area contributed by atoms with Gasteiger partial charge in [0.1, 0.15) is 12.4 Å². The van der Waals surface area contributed by atoms with Crippen molar-refractivity contribution in [2.75, 3.05) is 0 Å². The van der Waals surface area contributed by atoms with E-state index in [9.17, 15) is 15.2 Å². The van der Waals surface area contributed by atoms with Crippen molar-refractivity contribution in [3.63, 3.8) is 0 Å². The van der Waals surface area contributed by atoms with Crippen LogP contribution in [0.1, 0.15) is 24.2 Å². The zero-order valence-electron chi connectivity index (χ0n) is 11.3. The molecule has 0 radical (unpaired) electrons. The van der Waals surface area contributed by atoms with Crippen LogP contribution in [-0.2, 0) is 6.61 Å². The molecule has 6 heteroatoms. The molecule has 2 aromatic rings. The number of nitro benzene ring substituents is 1. The molecule has 2 rings (SSSR count). The molecule has 0 heterocycles. The summed E-state index contributed by atoms with van der Waals surface area (Å²) < 4.78 is 5.65. The molecule has 2 aromatic carbocycles. The lowest BCUT2D eigenvalue weighted by molar-refractivity contribution is -0.384. The van der Waals surface area contributed by atoms with Gasteiger partial charge in [-0.3, -0.25) is 10.1 Å². The first-order valence-corrected chi connectivity index (χ1v) is 6.69. The number of para-hydroxylation sites is 1. The monoisotopic (exact) mass is 307 g/mol. The molecule has 0 saturated heterocycles. The van der Waals surface area contributed by atoms with Crippen LogP contribution in [0.15, 0.2) is 42.5 Å². The number of hydrogen-bond donors (Lipinski definition) is 1. The van der Waals surface area contributed by atoms with E-state index in [1.807, 2.05) is 6.07 Å². The zero-order valence-corrected chi connectivity index (χ0v) is 12.1. The number of nitrogens with zero attached hydrogens (tertiary/aromatic N) is 1. The molecule has 0 aliphatic rings. The van der Waals surface area contributed by atoms with Crippen LogP contribution in [-0.4, -0.2) is 10.0 Å². The Labute approximate surface area is 126 Å². The molecule has 0 aromatic heterocycles. The van der Waals surface area contributed by atoms with Gasteiger partial charge in [-0.1, -0.05) is 29.8 Å². The lowest BCUT2D eigenvalue weighted by Crippen LogP contribution is -2.01. The standard InChI is InChI=1S/C15H14ClNO4/c1-10(18)13-4-2-3-5-15(13)21-9-11-6-7-12(17(19)20)8-14(11)16/h2-8,10,18H,9H2,1H3/t10-/m1/s1. The van der Waals surface area contributed by atoms with E-state index in [0.717, 1.165) is 0 Å². The van der Waals surface area contributed by atoms with E-state index in [1.54, 1.807) is 31.2 Å².